The Balaban J connectivity index is 1.33. The highest BCUT2D eigenvalue weighted by Crippen LogP contribution is 2.44. The van der Waals surface area contributed by atoms with Gasteiger partial charge in [0.1, 0.15) is 55.4 Å². The van der Waals surface area contributed by atoms with Crippen molar-refractivity contribution in [2.75, 3.05) is 39.6 Å². The first-order valence-corrected chi connectivity index (χ1v) is 12.2. The zero-order valence-electron chi connectivity index (χ0n) is 19.9. The highest BCUT2D eigenvalue weighted by molar-refractivity contribution is 5.55. The fourth-order valence-electron chi connectivity index (χ4n) is 4.31. The lowest BCUT2D eigenvalue weighted by Crippen LogP contribution is -2.26. The lowest BCUT2D eigenvalue weighted by molar-refractivity contribution is 0.259. The van der Waals surface area contributed by atoms with Gasteiger partial charge in [-0.1, -0.05) is 42.5 Å². The maximum Gasteiger partial charge on any atom is 0.123 e. The third-order valence-corrected chi connectivity index (χ3v) is 6.79. The van der Waals surface area contributed by atoms with E-state index < -0.39 is 5.41 Å². The summed E-state index contributed by atoms with van der Waals surface area (Å²) in [4.78, 5) is 0. The number of epoxide rings is 3. The van der Waals surface area contributed by atoms with Crippen molar-refractivity contribution in [1.29, 1.82) is 0 Å². The molecule has 0 spiro atoms. The Labute approximate surface area is 205 Å². The van der Waals surface area contributed by atoms with Crippen molar-refractivity contribution in [3.8, 4) is 17.2 Å². The average molecular weight is 475 g/mol. The molecule has 3 aromatic carbocycles. The zero-order chi connectivity index (χ0) is 23.7. The number of rotatable bonds is 12. The summed E-state index contributed by atoms with van der Waals surface area (Å²) in [5, 5.41) is 0. The van der Waals surface area contributed by atoms with E-state index in [2.05, 4.69) is 43.3 Å². The first-order valence-electron chi connectivity index (χ1n) is 12.2. The Morgan fingerprint density at radius 2 is 1.06 bits per heavy atom. The third kappa shape index (κ3) is 5.30. The van der Waals surface area contributed by atoms with E-state index in [0.717, 1.165) is 53.8 Å². The summed E-state index contributed by atoms with van der Waals surface area (Å²) in [6.45, 7) is 6.30. The van der Waals surface area contributed by atoms with Crippen molar-refractivity contribution in [1.82, 2.24) is 0 Å². The number of ether oxygens (including phenoxy) is 6. The first-order chi connectivity index (χ1) is 17.2. The zero-order valence-corrected chi connectivity index (χ0v) is 19.9. The van der Waals surface area contributed by atoms with Crippen LogP contribution >= 0.6 is 0 Å². The summed E-state index contributed by atoms with van der Waals surface area (Å²) >= 11 is 0. The van der Waals surface area contributed by atoms with E-state index >= 15 is 0 Å². The molecule has 6 heteroatoms. The highest BCUT2D eigenvalue weighted by Gasteiger charge is 2.35. The molecule has 0 saturated carbocycles. The lowest BCUT2D eigenvalue weighted by Gasteiger charge is -2.33. The highest BCUT2D eigenvalue weighted by atomic mass is 16.6. The minimum atomic E-state index is -0.461. The van der Waals surface area contributed by atoms with Gasteiger partial charge in [0, 0.05) is 11.0 Å². The lowest BCUT2D eigenvalue weighted by atomic mass is 9.70. The van der Waals surface area contributed by atoms with Crippen LogP contribution in [-0.4, -0.2) is 58.0 Å². The fourth-order valence-corrected chi connectivity index (χ4v) is 4.31. The average Bonchev–Trinajstić information content (AvgIpc) is 3.76. The molecule has 6 nitrogen and oxygen atoms in total. The molecule has 3 aromatic rings. The van der Waals surface area contributed by atoms with Crippen molar-refractivity contribution in [3.63, 3.8) is 0 Å². The van der Waals surface area contributed by atoms with Crippen LogP contribution in [0, 0.1) is 0 Å². The molecule has 3 aliphatic heterocycles. The van der Waals surface area contributed by atoms with Crippen molar-refractivity contribution in [3.05, 3.63) is 89.5 Å². The molecular formula is C29H30O6. The molecule has 0 bridgehead atoms. The molecule has 3 heterocycles. The molecule has 182 valence electrons. The third-order valence-electron chi connectivity index (χ3n) is 6.79. The van der Waals surface area contributed by atoms with Gasteiger partial charge in [-0.15, -0.1) is 0 Å². The minimum Gasteiger partial charge on any atom is -0.491 e. The Bertz CT molecular complexity index is 1070. The van der Waals surface area contributed by atoms with Crippen LogP contribution in [0.25, 0.3) is 0 Å². The van der Waals surface area contributed by atoms with Gasteiger partial charge < -0.3 is 28.4 Å². The smallest absolute Gasteiger partial charge is 0.123 e. The molecule has 3 unspecified atom stereocenters. The molecule has 3 saturated heterocycles. The normalized spacial score (nSPS) is 23.7. The molecule has 6 rings (SSSR count). The van der Waals surface area contributed by atoms with Gasteiger partial charge in [-0.3, -0.25) is 0 Å². The van der Waals surface area contributed by atoms with Gasteiger partial charge in [0.15, 0.2) is 0 Å². The van der Waals surface area contributed by atoms with Gasteiger partial charge in [0.25, 0.3) is 0 Å². The topological polar surface area (TPSA) is 65.3 Å². The van der Waals surface area contributed by atoms with Gasteiger partial charge in [-0.25, -0.2) is 0 Å². The fraction of sp³-hybridized carbons (Fsp3) is 0.379. The first kappa shape index (κ1) is 22.4. The van der Waals surface area contributed by atoms with Crippen molar-refractivity contribution in [2.24, 2.45) is 0 Å². The number of para-hydroxylation sites is 1. The summed E-state index contributed by atoms with van der Waals surface area (Å²) in [6, 6.07) is 24.9. The molecule has 3 atom stereocenters. The van der Waals surface area contributed by atoms with Crippen molar-refractivity contribution in [2.45, 2.75) is 30.7 Å². The standard InChI is InChI=1S/C29H30O6/c1-29(20-6-10-22(11-7-20)30-14-24-16-32-24,21-8-12-23(13-9-21)31-15-25-17-33-25)27-4-2-3-5-28(27)35-19-26-18-34-26/h2-13,24-26H,14-19H2,1H3. The quantitative estimate of drug-likeness (QED) is 0.287. The molecule has 0 N–H and O–H groups in total. The summed E-state index contributed by atoms with van der Waals surface area (Å²) in [5.41, 5.74) is 2.93. The van der Waals surface area contributed by atoms with Crippen LogP contribution in [0.1, 0.15) is 23.6 Å². The van der Waals surface area contributed by atoms with E-state index in [9.17, 15) is 0 Å². The Hall–Kier alpha value is -3.06. The largest absolute Gasteiger partial charge is 0.491 e. The van der Waals surface area contributed by atoms with Crippen LogP contribution in [0.3, 0.4) is 0 Å². The summed E-state index contributed by atoms with van der Waals surface area (Å²) in [6.07, 6.45) is 0.645. The Morgan fingerprint density at radius 3 is 1.51 bits per heavy atom. The second kappa shape index (κ2) is 9.53. The summed E-state index contributed by atoms with van der Waals surface area (Å²) in [7, 11) is 0. The van der Waals surface area contributed by atoms with E-state index in [0.29, 0.717) is 19.8 Å². The predicted octanol–water partition coefficient (Wildman–Crippen LogP) is 4.37. The van der Waals surface area contributed by atoms with Crippen LogP contribution in [-0.2, 0) is 19.6 Å². The molecule has 0 aromatic heterocycles. The number of benzene rings is 3. The maximum absolute atomic E-state index is 6.24. The van der Waals surface area contributed by atoms with Crippen LogP contribution in [0.5, 0.6) is 17.2 Å². The van der Waals surface area contributed by atoms with Crippen LogP contribution in [0.4, 0.5) is 0 Å². The van der Waals surface area contributed by atoms with Crippen LogP contribution in [0.2, 0.25) is 0 Å². The van der Waals surface area contributed by atoms with E-state index in [1.165, 1.54) is 0 Å². The van der Waals surface area contributed by atoms with E-state index in [4.69, 9.17) is 28.4 Å². The van der Waals surface area contributed by atoms with Gasteiger partial charge in [0.05, 0.1) is 19.8 Å². The van der Waals surface area contributed by atoms with E-state index in [1.807, 2.05) is 36.4 Å². The van der Waals surface area contributed by atoms with Crippen LogP contribution in [0.15, 0.2) is 72.8 Å². The second-order valence-electron chi connectivity index (χ2n) is 9.47. The van der Waals surface area contributed by atoms with Gasteiger partial charge in [-0.2, -0.15) is 0 Å². The maximum atomic E-state index is 6.24. The molecule has 0 aliphatic carbocycles. The van der Waals surface area contributed by atoms with Crippen molar-refractivity contribution >= 4 is 0 Å². The molecule has 0 amide bonds. The number of hydrogen-bond donors (Lipinski definition) is 0. The summed E-state index contributed by atoms with van der Waals surface area (Å²) < 4.78 is 33.9. The predicted molar refractivity (Wildman–Crippen MR) is 131 cm³/mol. The molecule has 0 radical (unpaired) electrons. The SMILES string of the molecule is CC(c1ccc(OCC2CO2)cc1)(c1ccc(OCC2CO2)cc1)c1ccccc1OCC1CO1. The molecule has 3 fully saturated rings. The monoisotopic (exact) mass is 474 g/mol. The Kier molecular flexibility index (Phi) is 6.10. The Morgan fingerprint density at radius 1 is 0.629 bits per heavy atom. The minimum absolute atomic E-state index is 0.188. The van der Waals surface area contributed by atoms with Gasteiger partial charge in [-0.05, 0) is 48.4 Å². The van der Waals surface area contributed by atoms with Gasteiger partial charge >= 0.3 is 0 Å². The second-order valence-corrected chi connectivity index (χ2v) is 9.47. The molecule has 35 heavy (non-hydrogen) atoms. The number of hydrogen-bond acceptors (Lipinski definition) is 6. The van der Waals surface area contributed by atoms with Crippen molar-refractivity contribution < 1.29 is 28.4 Å². The summed E-state index contributed by atoms with van der Waals surface area (Å²) in [5.74, 6) is 2.55. The van der Waals surface area contributed by atoms with E-state index in [1.54, 1.807) is 0 Å². The van der Waals surface area contributed by atoms with Gasteiger partial charge in [0.2, 0.25) is 0 Å². The van der Waals surface area contributed by atoms with E-state index in [-0.39, 0.29) is 18.3 Å². The molecule has 3 aliphatic rings. The van der Waals surface area contributed by atoms with Crippen LogP contribution < -0.4 is 14.2 Å². The molecular weight excluding hydrogens is 444 g/mol.